The Morgan fingerprint density at radius 2 is 1.65 bits per heavy atom. The Kier molecular flexibility index (Phi) is 5.49. The molecule has 0 unspecified atom stereocenters. The largest absolute Gasteiger partial charge is 0.329 e. The summed E-state index contributed by atoms with van der Waals surface area (Å²) >= 11 is 5.92. The number of para-hydroxylation sites is 1. The minimum absolute atomic E-state index is 0.355. The number of carbonyl (C=O) groups excluding carboxylic acids is 2. The number of rotatable bonds is 3. The summed E-state index contributed by atoms with van der Waals surface area (Å²) < 4.78 is 0. The van der Waals surface area contributed by atoms with Gasteiger partial charge in [-0.15, -0.1) is 0 Å². The first-order valence-corrected chi connectivity index (χ1v) is 7.32. The minimum atomic E-state index is -0.864. The number of aryl methyl sites for hydroxylation is 1. The van der Waals surface area contributed by atoms with E-state index in [1.807, 2.05) is 31.2 Å². The van der Waals surface area contributed by atoms with Crippen LogP contribution < -0.4 is 10.7 Å². The van der Waals surface area contributed by atoms with E-state index in [0.29, 0.717) is 16.4 Å². The first-order valence-electron chi connectivity index (χ1n) is 6.94. The summed E-state index contributed by atoms with van der Waals surface area (Å²) in [6.45, 7) is 3.73. The second kappa shape index (κ2) is 7.56. The van der Waals surface area contributed by atoms with Crippen LogP contribution >= 0.6 is 11.6 Å². The van der Waals surface area contributed by atoms with Gasteiger partial charge < -0.3 is 5.32 Å². The smallest absolute Gasteiger partial charge is 0.316 e. The SMILES string of the molecule is C/C(=N/NC(=O)C(=O)Nc1ccccc1Cl)c1ccc(C)cc1. The molecule has 0 aliphatic rings. The lowest BCUT2D eigenvalue weighted by Gasteiger charge is -2.06. The Labute approximate surface area is 139 Å². The summed E-state index contributed by atoms with van der Waals surface area (Å²) in [5.74, 6) is -1.70. The summed E-state index contributed by atoms with van der Waals surface area (Å²) in [7, 11) is 0. The number of carbonyl (C=O) groups is 2. The highest BCUT2D eigenvalue weighted by molar-refractivity contribution is 6.41. The third-order valence-corrected chi connectivity index (χ3v) is 3.45. The first kappa shape index (κ1) is 16.7. The van der Waals surface area contributed by atoms with Crippen molar-refractivity contribution in [2.45, 2.75) is 13.8 Å². The summed E-state index contributed by atoms with van der Waals surface area (Å²) in [4.78, 5) is 23.6. The lowest BCUT2D eigenvalue weighted by Crippen LogP contribution is -2.33. The standard InChI is InChI=1S/C17H16ClN3O2/c1-11-7-9-13(10-8-11)12(2)20-21-17(23)16(22)19-15-6-4-3-5-14(15)18/h3-10H,1-2H3,(H,19,22)(H,21,23)/b20-12-. The van der Waals surface area contributed by atoms with Crippen LogP contribution in [-0.4, -0.2) is 17.5 Å². The van der Waals surface area contributed by atoms with E-state index in [9.17, 15) is 9.59 Å². The highest BCUT2D eigenvalue weighted by Gasteiger charge is 2.14. The second-order valence-corrected chi connectivity index (χ2v) is 5.35. The van der Waals surface area contributed by atoms with E-state index in [-0.39, 0.29) is 0 Å². The molecule has 0 fully saturated rings. The van der Waals surface area contributed by atoms with E-state index in [2.05, 4.69) is 15.8 Å². The molecule has 2 aromatic rings. The van der Waals surface area contributed by atoms with Gasteiger partial charge in [-0.25, -0.2) is 5.43 Å². The fourth-order valence-electron chi connectivity index (χ4n) is 1.79. The van der Waals surface area contributed by atoms with Crippen LogP contribution in [0.15, 0.2) is 53.6 Å². The van der Waals surface area contributed by atoms with Gasteiger partial charge >= 0.3 is 11.8 Å². The third kappa shape index (κ3) is 4.66. The van der Waals surface area contributed by atoms with Crippen LogP contribution in [0.2, 0.25) is 5.02 Å². The molecule has 0 bridgehead atoms. The van der Waals surface area contributed by atoms with E-state index < -0.39 is 11.8 Å². The summed E-state index contributed by atoms with van der Waals surface area (Å²) in [5.41, 5.74) is 5.19. The topological polar surface area (TPSA) is 70.6 Å². The van der Waals surface area contributed by atoms with Crippen molar-refractivity contribution in [3.63, 3.8) is 0 Å². The van der Waals surface area contributed by atoms with Crippen molar-refractivity contribution in [1.82, 2.24) is 5.43 Å². The van der Waals surface area contributed by atoms with Crippen molar-refractivity contribution in [3.8, 4) is 0 Å². The molecule has 5 nitrogen and oxygen atoms in total. The van der Waals surface area contributed by atoms with Crippen molar-refractivity contribution < 1.29 is 9.59 Å². The van der Waals surface area contributed by atoms with Gasteiger partial charge in [-0.2, -0.15) is 5.10 Å². The fraction of sp³-hybridized carbons (Fsp3) is 0.118. The van der Waals surface area contributed by atoms with Crippen molar-refractivity contribution in [1.29, 1.82) is 0 Å². The maximum atomic E-state index is 11.8. The zero-order valence-electron chi connectivity index (χ0n) is 12.8. The molecule has 0 aliphatic carbocycles. The van der Waals surface area contributed by atoms with E-state index in [0.717, 1.165) is 11.1 Å². The summed E-state index contributed by atoms with van der Waals surface area (Å²) in [6.07, 6.45) is 0. The molecule has 0 heterocycles. The summed E-state index contributed by atoms with van der Waals surface area (Å²) in [5, 5.41) is 6.72. The van der Waals surface area contributed by atoms with Crippen molar-refractivity contribution in [2.24, 2.45) is 5.10 Å². The molecular weight excluding hydrogens is 314 g/mol. The van der Waals surface area contributed by atoms with E-state index in [1.165, 1.54) is 0 Å². The van der Waals surface area contributed by atoms with Crippen molar-refractivity contribution >= 4 is 34.8 Å². The Morgan fingerprint density at radius 1 is 1.00 bits per heavy atom. The van der Waals surface area contributed by atoms with E-state index >= 15 is 0 Å². The molecule has 0 saturated carbocycles. The Hall–Kier alpha value is -2.66. The molecule has 2 aromatic carbocycles. The van der Waals surface area contributed by atoms with Crippen LogP contribution in [-0.2, 0) is 9.59 Å². The van der Waals surface area contributed by atoms with Gasteiger partial charge in [0, 0.05) is 0 Å². The molecule has 0 saturated heterocycles. The highest BCUT2D eigenvalue weighted by Crippen LogP contribution is 2.20. The number of hydrogen-bond donors (Lipinski definition) is 2. The van der Waals surface area contributed by atoms with Gasteiger partial charge in [0.2, 0.25) is 0 Å². The monoisotopic (exact) mass is 329 g/mol. The number of nitrogens with one attached hydrogen (secondary N) is 2. The molecule has 2 N–H and O–H groups in total. The third-order valence-electron chi connectivity index (χ3n) is 3.12. The van der Waals surface area contributed by atoms with Gasteiger partial charge in [-0.3, -0.25) is 9.59 Å². The number of halogens is 1. The number of nitrogens with zero attached hydrogens (tertiary/aromatic N) is 1. The quantitative estimate of drug-likeness (QED) is 0.516. The number of benzene rings is 2. The Balaban J connectivity index is 1.98. The molecule has 2 amide bonds. The molecule has 0 radical (unpaired) electrons. The average Bonchev–Trinajstić information content (AvgIpc) is 2.55. The number of anilines is 1. The fourth-order valence-corrected chi connectivity index (χ4v) is 1.97. The molecule has 0 aliphatic heterocycles. The van der Waals surface area contributed by atoms with E-state index in [4.69, 9.17) is 11.6 Å². The van der Waals surface area contributed by atoms with Gasteiger partial charge in [0.1, 0.15) is 0 Å². The Bertz CT molecular complexity index is 755. The maximum Gasteiger partial charge on any atom is 0.329 e. The first-order chi connectivity index (χ1) is 11.0. The molecule has 118 valence electrons. The highest BCUT2D eigenvalue weighted by atomic mass is 35.5. The van der Waals surface area contributed by atoms with Gasteiger partial charge in [0.15, 0.2) is 0 Å². The molecule has 6 heteroatoms. The van der Waals surface area contributed by atoms with Gasteiger partial charge in [0.25, 0.3) is 0 Å². The molecule has 0 atom stereocenters. The second-order valence-electron chi connectivity index (χ2n) is 4.94. The Morgan fingerprint density at radius 3 is 2.30 bits per heavy atom. The normalized spacial score (nSPS) is 11.0. The predicted molar refractivity (Wildman–Crippen MR) is 91.6 cm³/mol. The zero-order valence-corrected chi connectivity index (χ0v) is 13.5. The van der Waals surface area contributed by atoms with Crippen LogP contribution in [0.3, 0.4) is 0 Å². The van der Waals surface area contributed by atoms with Gasteiger partial charge in [-0.1, -0.05) is 53.6 Å². The van der Waals surface area contributed by atoms with Crippen molar-refractivity contribution in [2.75, 3.05) is 5.32 Å². The van der Waals surface area contributed by atoms with Crippen LogP contribution in [0.25, 0.3) is 0 Å². The molecule has 23 heavy (non-hydrogen) atoms. The average molecular weight is 330 g/mol. The van der Waals surface area contributed by atoms with Crippen LogP contribution in [0, 0.1) is 6.92 Å². The summed E-state index contributed by atoms with van der Waals surface area (Å²) in [6, 6.07) is 14.3. The van der Waals surface area contributed by atoms with Crippen LogP contribution in [0.5, 0.6) is 0 Å². The van der Waals surface area contributed by atoms with Crippen LogP contribution in [0.4, 0.5) is 5.69 Å². The van der Waals surface area contributed by atoms with E-state index in [1.54, 1.807) is 31.2 Å². The molecule has 0 aromatic heterocycles. The zero-order chi connectivity index (χ0) is 16.8. The predicted octanol–water partition coefficient (Wildman–Crippen LogP) is 3.13. The van der Waals surface area contributed by atoms with Gasteiger partial charge in [0.05, 0.1) is 16.4 Å². The lowest BCUT2D eigenvalue weighted by molar-refractivity contribution is -0.136. The minimum Gasteiger partial charge on any atom is -0.316 e. The molecular formula is C17H16ClN3O2. The van der Waals surface area contributed by atoms with Crippen LogP contribution in [0.1, 0.15) is 18.1 Å². The number of hydrazone groups is 1. The van der Waals surface area contributed by atoms with Gasteiger partial charge in [-0.05, 0) is 31.5 Å². The van der Waals surface area contributed by atoms with Crippen molar-refractivity contribution in [3.05, 3.63) is 64.7 Å². The lowest BCUT2D eigenvalue weighted by atomic mass is 10.1. The maximum absolute atomic E-state index is 11.8. The molecule has 2 rings (SSSR count). The number of hydrogen-bond acceptors (Lipinski definition) is 3. The molecule has 0 spiro atoms. The number of amides is 2.